The summed E-state index contributed by atoms with van der Waals surface area (Å²) >= 11 is 0. The Labute approximate surface area is 124 Å². The van der Waals surface area contributed by atoms with Crippen molar-refractivity contribution in [3.63, 3.8) is 0 Å². The fraction of sp³-hybridized carbons (Fsp3) is 0.188. The van der Waals surface area contributed by atoms with Crippen LogP contribution < -0.4 is 0 Å². The highest BCUT2D eigenvalue weighted by Crippen LogP contribution is 2.20. The van der Waals surface area contributed by atoms with Crippen LogP contribution in [-0.2, 0) is 20.3 Å². The SMILES string of the molecule is COC(=O)c1ccccc1CS(=O)(=O)c1cccc(C)c1. The molecule has 0 bridgehead atoms. The number of methoxy groups -OCH3 is 1. The van der Waals surface area contributed by atoms with E-state index in [9.17, 15) is 13.2 Å². The van der Waals surface area contributed by atoms with Gasteiger partial charge in [-0.25, -0.2) is 13.2 Å². The Hall–Kier alpha value is -2.14. The molecule has 4 nitrogen and oxygen atoms in total. The van der Waals surface area contributed by atoms with Crippen molar-refractivity contribution in [3.8, 4) is 0 Å². The lowest BCUT2D eigenvalue weighted by molar-refractivity contribution is 0.0600. The van der Waals surface area contributed by atoms with Crippen LogP contribution in [0, 0.1) is 6.92 Å². The lowest BCUT2D eigenvalue weighted by Crippen LogP contribution is -2.11. The van der Waals surface area contributed by atoms with Crippen molar-refractivity contribution in [2.45, 2.75) is 17.6 Å². The van der Waals surface area contributed by atoms with Gasteiger partial charge < -0.3 is 4.74 Å². The summed E-state index contributed by atoms with van der Waals surface area (Å²) < 4.78 is 29.6. The van der Waals surface area contributed by atoms with Crippen LogP contribution >= 0.6 is 0 Å². The van der Waals surface area contributed by atoms with Gasteiger partial charge in [-0.15, -0.1) is 0 Å². The van der Waals surface area contributed by atoms with E-state index in [1.165, 1.54) is 7.11 Å². The number of sulfone groups is 1. The third kappa shape index (κ3) is 3.49. The molecule has 0 amide bonds. The van der Waals surface area contributed by atoms with Crippen LogP contribution in [0.25, 0.3) is 0 Å². The topological polar surface area (TPSA) is 60.4 Å². The summed E-state index contributed by atoms with van der Waals surface area (Å²) in [6.07, 6.45) is 0. The number of benzene rings is 2. The maximum Gasteiger partial charge on any atom is 0.338 e. The minimum Gasteiger partial charge on any atom is -0.465 e. The van der Waals surface area contributed by atoms with E-state index in [0.717, 1.165) is 5.56 Å². The van der Waals surface area contributed by atoms with E-state index in [4.69, 9.17) is 0 Å². The molecule has 0 saturated carbocycles. The van der Waals surface area contributed by atoms with Gasteiger partial charge in [-0.1, -0.05) is 30.3 Å². The number of hydrogen-bond donors (Lipinski definition) is 0. The summed E-state index contributed by atoms with van der Waals surface area (Å²) in [5, 5.41) is 0. The lowest BCUT2D eigenvalue weighted by atomic mass is 10.1. The fourth-order valence-electron chi connectivity index (χ4n) is 2.05. The van der Waals surface area contributed by atoms with Gasteiger partial charge >= 0.3 is 5.97 Å². The van der Waals surface area contributed by atoms with E-state index >= 15 is 0 Å². The van der Waals surface area contributed by atoms with Crippen molar-refractivity contribution >= 4 is 15.8 Å². The lowest BCUT2D eigenvalue weighted by Gasteiger charge is -2.09. The highest BCUT2D eigenvalue weighted by molar-refractivity contribution is 7.90. The van der Waals surface area contributed by atoms with Crippen LogP contribution in [0.3, 0.4) is 0 Å². The normalized spacial score (nSPS) is 11.1. The fourth-order valence-corrected chi connectivity index (χ4v) is 3.53. The molecule has 0 atom stereocenters. The van der Waals surface area contributed by atoms with Crippen LogP contribution in [0.4, 0.5) is 0 Å². The maximum atomic E-state index is 12.5. The minimum atomic E-state index is -3.51. The van der Waals surface area contributed by atoms with E-state index in [-0.39, 0.29) is 16.2 Å². The second-order valence-electron chi connectivity index (χ2n) is 4.72. The molecule has 0 radical (unpaired) electrons. The van der Waals surface area contributed by atoms with E-state index in [1.54, 1.807) is 42.5 Å². The Morgan fingerprint density at radius 2 is 1.81 bits per heavy atom. The number of hydrogen-bond acceptors (Lipinski definition) is 4. The molecular formula is C16H16O4S. The number of carbonyl (C=O) groups excluding carboxylic acids is 1. The van der Waals surface area contributed by atoms with Gasteiger partial charge in [0.2, 0.25) is 0 Å². The molecule has 110 valence electrons. The molecule has 0 aromatic heterocycles. The second-order valence-corrected chi connectivity index (χ2v) is 6.71. The van der Waals surface area contributed by atoms with Gasteiger partial charge in [-0.05, 0) is 36.2 Å². The van der Waals surface area contributed by atoms with Crippen molar-refractivity contribution < 1.29 is 17.9 Å². The summed E-state index contributed by atoms with van der Waals surface area (Å²) in [6.45, 7) is 1.83. The van der Waals surface area contributed by atoms with Gasteiger partial charge in [0, 0.05) is 0 Å². The molecule has 0 heterocycles. The van der Waals surface area contributed by atoms with E-state index in [2.05, 4.69) is 4.74 Å². The molecule has 2 rings (SSSR count). The summed E-state index contributed by atoms with van der Waals surface area (Å²) in [6, 6.07) is 13.3. The quantitative estimate of drug-likeness (QED) is 0.815. The van der Waals surface area contributed by atoms with Gasteiger partial charge in [-0.2, -0.15) is 0 Å². The Bertz CT molecular complexity index is 763. The van der Waals surface area contributed by atoms with Gasteiger partial charge in [0.15, 0.2) is 9.84 Å². The van der Waals surface area contributed by atoms with E-state index in [0.29, 0.717) is 5.56 Å². The molecular weight excluding hydrogens is 288 g/mol. The third-order valence-corrected chi connectivity index (χ3v) is 4.78. The summed E-state index contributed by atoms with van der Waals surface area (Å²) in [4.78, 5) is 11.9. The zero-order valence-electron chi connectivity index (χ0n) is 11.9. The van der Waals surface area contributed by atoms with Gasteiger partial charge in [0.25, 0.3) is 0 Å². The zero-order valence-corrected chi connectivity index (χ0v) is 12.7. The first-order chi connectivity index (χ1) is 9.94. The van der Waals surface area contributed by atoms with E-state index < -0.39 is 15.8 Å². The molecule has 0 aliphatic carbocycles. The molecule has 0 aliphatic rings. The zero-order chi connectivity index (χ0) is 15.5. The maximum absolute atomic E-state index is 12.5. The molecule has 2 aromatic carbocycles. The smallest absolute Gasteiger partial charge is 0.338 e. The van der Waals surface area contributed by atoms with Crippen LogP contribution in [0.1, 0.15) is 21.5 Å². The molecule has 0 N–H and O–H groups in total. The minimum absolute atomic E-state index is 0.234. The van der Waals surface area contributed by atoms with Crippen molar-refractivity contribution in [2.24, 2.45) is 0 Å². The van der Waals surface area contributed by atoms with Crippen molar-refractivity contribution in [1.82, 2.24) is 0 Å². The molecule has 5 heteroatoms. The first-order valence-corrected chi connectivity index (χ1v) is 8.05. The molecule has 2 aromatic rings. The van der Waals surface area contributed by atoms with Crippen LogP contribution in [0.2, 0.25) is 0 Å². The highest BCUT2D eigenvalue weighted by atomic mass is 32.2. The average Bonchev–Trinajstić information content (AvgIpc) is 2.46. The Kier molecular flexibility index (Phi) is 4.43. The van der Waals surface area contributed by atoms with Gasteiger partial charge in [0.1, 0.15) is 0 Å². The first-order valence-electron chi connectivity index (χ1n) is 6.39. The molecule has 0 spiro atoms. The molecule has 0 saturated heterocycles. The molecule has 0 aliphatic heterocycles. The van der Waals surface area contributed by atoms with Gasteiger partial charge in [-0.3, -0.25) is 0 Å². The number of carbonyl (C=O) groups is 1. The average molecular weight is 304 g/mol. The molecule has 0 unspecified atom stereocenters. The van der Waals surface area contributed by atoms with Gasteiger partial charge in [0.05, 0.1) is 23.3 Å². The largest absolute Gasteiger partial charge is 0.465 e. The summed E-state index contributed by atoms with van der Waals surface area (Å²) in [5.41, 5.74) is 1.58. The summed E-state index contributed by atoms with van der Waals surface area (Å²) in [7, 11) is -2.24. The molecule has 21 heavy (non-hydrogen) atoms. The predicted molar refractivity (Wildman–Crippen MR) is 79.9 cm³/mol. The first kappa shape index (κ1) is 15.3. The second kappa shape index (κ2) is 6.10. The molecule has 0 fully saturated rings. The number of esters is 1. The highest BCUT2D eigenvalue weighted by Gasteiger charge is 2.20. The Morgan fingerprint density at radius 1 is 1.10 bits per heavy atom. The van der Waals surface area contributed by atoms with Crippen molar-refractivity contribution in [2.75, 3.05) is 7.11 Å². The van der Waals surface area contributed by atoms with Crippen LogP contribution in [-0.4, -0.2) is 21.5 Å². The predicted octanol–water partition coefficient (Wildman–Crippen LogP) is 2.76. The summed E-state index contributed by atoms with van der Waals surface area (Å²) in [5.74, 6) is -0.771. The number of rotatable bonds is 4. The van der Waals surface area contributed by atoms with Crippen LogP contribution in [0.15, 0.2) is 53.4 Å². The van der Waals surface area contributed by atoms with E-state index in [1.807, 2.05) is 13.0 Å². The Balaban J connectivity index is 2.40. The number of aryl methyl sites for hydroxylation is 1. The monoisotopic (exact) mass is 304 g/mol. The third-order valence-electron chi connectivity index (χ3n) is 3.12. The van der Waals surface area contributed by atoms with Crippen LogP contribution in [0.5, 0.6) is 0 Å². The Morgan fingerprint density at radius 3 is 2.48 bits per heavy atom. The van der Waals surface area contributed by atoms with Crippen molar-refractivity contribution in [3.05, 3.63) is 65.2 Å². The number of ether oxygens (including phenoxy) is 1. The standard InChI is InChI=1S/C16H16O4S/c1-12-6-5-8-14(10-12)21(18,19)11-13-7-3-4-9-15(13)16(17)20-2/h3-10H,11H2,1-2H3. The van der Waals surface area contributed by atoms with Crippen molar-refractivity contribution in [1.29, 1.82) is 0 Å².